The van der Waals surface area contributed by atoms with Crippen LogP contribution in [0.15, 0.2) is 51.8 Å². The molecule has 2 aromatic carbocycles. The Morgan fingerprint density at radius 1 is 1.19 bits per heavy atom. The van der Waals surface area contributed by atoms with E-state index < -0.39 is 15.8 Å². The van der Waals surface area contributed by atoms with Crippen LogP contribution in [0, 0.1) is 12.7 Å². The summed E-state index contributed by atoms with van der Waals surface area (Å²) in [7, 11) is -3.72. The van der Waals surface area contributed by atoms with E-state index in [1.54, 1.807) is 19.1 Å². The second-order valence-electron chi connectivity index (χ2n) is 5.89. The third-order valence-electron chi connectivity index (χ3n) is 4.06. The minimum absolute atomic E-state index is 0.0374. The number of amides is 1. The zero-order chi connectivity index (χ0) is 18.9. The number of halogens is 1. The third-order valence-corrected chi connectivity index (χ3v) is 4.98. The molecule has 0 aliphatic heterocycles. The van der Waals surface area contributed by atoms with Crippen LogP contribution in [0.4, 0.5) is 4.39 Å². The number of rotatable bonds is 5. The van der Waals surface area contributed by atoms with Crippen LogP contribution < -0.4 is 10.5 Å². The second kappa shape index (κ2) is 6.89. The van der Waals surface area contributed by atoms with Gasteiger partial charge < -0.3 is 9.73 Å². The number of hydrogen-bond donors (Lipinski definition) is 2. The number of furan rings is 1. The lowest BCUT2D eigenvalue weighted by atomic mass is 10.1. The number of carbonyl (C=O) groups is 1. The van der Waals surface area contributed by atoms with Crippen LogP contribution in [0.5, 0.6) is 0 Å². The summed E-state index contributed by atoms with van der Waals surface area (Å²) in [6, 6.07) is 10.2. The Morgan fingerprint density at radius 2 is 1.88 bits per heavy atom. The number of nitrogens with one attached hydrogen (secondary N) is 1. The van der Waals surface area contributed by atoms with Gasteiger partial charge in [0.2, 0.25) is 10.0 Å². The molecule has 0 unspecified atom stereocenters. The maximum absolute atomic E-state index is 13.3. The van der Waals surface area contributed by atoms with E-state index in [9.17, 15) is 17.6 Å². The molecule has 0 aliphatic carbocycles. The van der Waals surface area contributed by atoms with Gasteiger partial charge in [-0.25, -0.2) is 17.9 Å². The highest BCUT2D eigenvalue weighted by Gasteiger charge is 2.17. The number of aryl methyl sites for hydroxylation is 1. The summed E-state index contributed by atoms with van der Waals surface area (Å²) in [6.45, 7) is 2.03. The molecule has 3 aromatic rings. The smallest absolute Gasteiger partial charge is 0.287 e. The molecule has 8 heteroatoms. The van der Waals surface area contributed by atoms with Crippen molar-refractivity contribution in [3.8, 4) is 0 Å². The minimum atomic E-state index is -3.72. The molecule has 26 heavy (non-hydrogen) atoms. The Hall–Kier alpha value is -2.71. The summed E-state index contributed by atoms with van der Waals surface area (Å²) in [5.41, 5.74) is 1.88. The van der Waals surface area contributed by atoms with Gasteiger partial charge in [0.1, 0.15) is 11.4 Å². The quantitative estimate of drug-likeness (QED) is 0.714. The predicted molar refractivity (Wildman–Crippen MR) is 94.8 cm³/mol. The van der Waals surface area contributed by atoms with E-state index in [1.807, 2.05) is 0 Å². The number of benzene rings is 2. The monoisotopic (exact) mass is 376 g/mol. The van der Waals surface area contributed by atoms with Gasteiger partial charge in [-0.05, 0) is 49.2 Å². The zero-order valence-electron chi connectivity index (χ0n) is 14.0. The van der Waals surface area contributed by atoms with Crippen LogP contribution in [0.1, 0.15) is 21.7 Å². The largest absolute Gasteiger partial charge is 0.451 e. The molecule has 3 rings (SSSR count). The molecule has 0 spiro atoms. The highest BCUT2D eigenvalue weighted by atomic mass is 32.2. The standard InChI is InChI=1S/C18H17FN2O4S/c1-11-15-10-13(19)4-7-16(15)25-17(11)18(22)21-9-8-12-2-5-14(6-3-12)26(20,23)24/h2-7,10H,8-9H2,1H3,(H,21,22)(H2,20,23,24). The van der Waals surface area contributed by atoms with Crippen molar-refractivity contribution in [1.29, 1.82) is 0 Å². The fourth-order valence-electron chi connectivity index (χ4n) is 2.66. The number of carbonyl (C=O) groups excluding carboxylic acids is 1. The maximum Gasteiger partial charge on any atom is 0.287 e. The Morgan fingerprint density at radius 3 is 2.54 bits per heavy atom. The van der Waals surface area contributed by atoms with Gasteiger partial charge in [-0.1, -0.05) is 12.1 Å². The molecule has 0 atom stereocenters. The fraction of sp³-hybridized carbons (Fsp3) is 0.167. The summed E-state index contributed by atoms with van der Waals surface area (Å²) in [6.07, 6.45) is 0.505. The van der Waals surface area contributed by atoms with Crippen LogP contribution >= 0.6 is 0 Å². The maximum atomic E-state index is 13.3. The first-order valence-corrected chi connectivity index (χ1v) is 9.39. The summed E-state index contributed by atoms with van der Waals surface area (Å²) >= 11 is 0. The summed E-state index contributed by atoms with van der Waals surface area (Å²) in [4.78, 5) is 12.3. The van der Waals surface area contributed by atoms with E-state index in [1.165, 1.54) is 30.3 Å². The number of nitrogens with two attached hydrogens (primary N) is 1. The lowest BCUT2D eigenvalue weighted by Crippen LogP contribution is -2.25. The van der Waals surface area contributed by atoms with Crippen LogP contribution in [0.3, 0.4) is 0 Å². The third kappa shape index (κ3) is 3.76. The first-order chi connectivity index (χ1) is 12.3. The van der Waals surface area contributed by atoms with Crippen molar-refractivity contribution in [2.75, 3.05) is 6.54 Å². The van der Waals surface area contributed by atoms with Gasteiger partial charge >= 0.3 is 0 Å². The molecule has 1 amide bonds. The average Bonchev–Trinajstić information content (AvgIpc) is 2.91. The first kappa shape index (κ1) is 18.1. The van der Waals surface area contributed by atoms with E-state index in [4.69, 9.17) is 9.56 Å². The minimum Gasteiger partial charge on any atom is -0.451 e. The highest BCUT2D eigenvalue weighted by Crippen LogP contribution is 2.25. The Balaban J connectivity index is 1.65. The summed E-state index contributed by atoms with van der Waals surface area (Å²) in [5, 5.41) is 8.35. The van der Waals surface area contributed by atoms with E-state index in [0.29, 0.717) is 29.5 Å². The van der Waals surface area contributed by atoms with Gasteiger partial charge in [-0.2, -0.15) is 0 Å². The van der Waals surface area contributed by atoms with Crippen LogP contribution in [-0.4, -0.2) is 20.9 Å². The van der Waals surface area contributed by atoms with Crippen molar-refractivity contribution < 1.29 is 22.0 Å². The van der Waals surface area contributed by atoms with Gasteiger partial charge in [0, 0.05) is 17.5 Å². The SMILES string of the molecule is Cc1c(C(=O)NCCc2ccc(S(N)(=O)=O)cc2)oc2ccc(F)cc12. The average molecular weight is 376 g/mol. The molecule has 6 nitrogen and oxygen atoms in total. The lowest BCUT2D eigenvalue weighted by Gasteiger charge is -2.05. The van der Waals surface area contributed by atoms with Gasteiger partial charge in [0.15, 0.2) is 5.76 Å². The number of hydrogen-bond acceptors (Lipinski definition) is 4. The zero-order valence-corrected chi connectivity index (χ0v) is 14.8. The molecule has 0 aliphatic rings. The van der Waals surface area contributed by atoms with Crippen LogP contribution in [0.25, 0.3) is 11.0 Å². The lowest BCUT2D eigenvalue weighted by molar-refractivity contribution is 0.0927. The number of sulfonamides is 1. The molecule has 0 saturated carbocycles. The van der Waals surface area contributed by atoms with Gasteiger partial charge in [-0.3, -0.25) is 4.79 Å². The molecule has 0 radical (unpaired) electrons. The first-order valence-electron chi connectivity index (χ1n) is 7.84. The molecule has 0 fully saturated rings. The van der Waals surface area contributed by atoms with Gasteiger partial charge in [0.05, 0.1) is 4.90 Å². The van der Waals surface area contributed by atoms with Crippen molar-refractivity contribution in [2.45, 2.75) is 18.2 Å². The number of fused-ring (bicyclic) bond motifs is 1. The van der Waals surface area contributed by atoms with Crippen molar-refractivity contribution in [2.24, 2.45) is 5.14 Å². The molecule has 1 heterocycles. The molecule has 1 aromatic heterocycles. The fourth-order valence-corrected chi connectivity index (χ4v) is 3.17. The highest BCUT2D eigenvalue weighted by molar-refractivity contribution is 7.89. The topological polar surface area (TPSA) is 102 Å². The molecule has 0 saturated heterocycles. The van der Waals surface area contributed by atoms with Gasteiger partial charge in [0.25, 0.3) is 5.91 Å². The van der Waals surface area contributed by atoms with Crippen molar-refractivity contribution >= 4 is 26.9 Å². The van der Waals surface area contributed by atoms with E-state index in [-0.39, 0.29) is 16.6 Å². The van der Waals surface area contributed by atoms with Crippen molar-refractivity contribution in [1.82, 2.24) is 5.32 Å². The Bertz CT molecular complexity index is 1070. The Labute approximate surface area is 149 Å². The van der Waals surface area contributed by atoms with Gasteiger partial charge in [-0.15, -0.1) is 0 Å². The Kier molecular flexibility index (Phi) is 4.80. The van der Waals surface area contributed by atoms with E-state index in [2.05, 4.69) is 5.32 Å². The predicted octanol–water partition coefficient (Wildman–Crippen LogP) is 2.50. The summed E-state index contributed by atoms with van der Waals surface area (Å²) in [5.74, 6) is -0.633. The molecular weight excluding hydrogens is 359 g/mol. The summed E-state index contributed by atoms with van der Waals surface area (Å²) < 4.78 is 41.3. The van der Waals surface area contributed by atoms with E-state index >= 15 is 0 Å². The van der Waals surface area contributed by atoms with Crippen LogP contribution in [-0.2, 0) is 16.4 Å². The van der Waals surface area contributed by atoms with E-state index in [0.717, 1.165) is 5.56 Å². The molecule has 136 valence electrons. The van der Waals surface area contributed by atoms with Crippen LogP contribution in [0.2, 0.25) is 0 Å². The molecular formula is C18H17FN2O4S. The normalized spacial score (nSPS) is 11.7. The molecule has 3 N–H and O–H groups in total. The number of primary sulfonamides is 1. The van der Waals surface area contributed by atoms with Crippen molar-refractivity contribution in [3.63, 3.8) is 0 Å². The second-order valence-corrected chi connectivity index (χ2v) is 7.45. The molecule has 0 bridgehead atoms. The van der Waals surface area contributed by atoms with Crippen molar-refractivity contribution in [3.05, 3.63) is 65.2 Å².